The summed E-state index contributed by atoms with van der Waals surface area (Å²) >= 11 is 0.746. The molecule has 1 N–H and O–H groups in total. The minimum Gasteiger partial charge on any atom is -0.465 e. The summed E-state index contributed by atoms with van der Waals surface area (Å²) < 4.78 is 46.3. The number of rotatable bonds is 5. The molecule has 0 aromatic carbocycles. The van der Waals surface area contributed by atoms with Crippen molar-refractivity contribution in [3.8, 4) is 0 Å². The van der Waals surface area contributed by atoms with E-state index in [4.69, 9.17) is 4.74 Å². The lowest BCUT2D eigenvalue weighted by Crippen LogP contribution is -2.47. The van der Waals surface area contributed by atoms with Crippen LogP contribution >= 0.6 is 11.3 Å². The number of carbonyl (C=O) groups is 2. The van der Waals surface area contributed by atoms with Crippen molar-refractivity contribution in [1.82, 2.24) is 0 Å². The molecule has 9 heteroatoms. The summed E-state index contributed by atoms with van der Waals surface area (Å²) in [6.45, 7) is 4.31. The summed E-state index contributed by atoms with van der Waals surface area (Å²) in [5.74, 6) is -0.566. The van der Waals surface area contributed by atoms with Crippen molar-refractivity contribution < 1.29 is 32.6 Å². The predicted octanol–water partition coefficient (Wildman–Crippen LogP) is 5.84. The number of halogens is 3. The third kappa shape index (κ3) is 5.39. The first-order valence-electron chi connectivity index (χ1n) is 11.7. The maximum Gasteiger partial charge on any atom is 0.398 e. The van der Waals surface area contributed by atoms with E-state index in [-0.39, 0.29) is 33.3 Å². The molecule has 0 saturated heterocycles. The van der Waals surface area contributed by atoms with Crippen LogP contribution in [0.2, 0.25) is 0 Å². The van der Waals surface area contributed by atoms with Crippen molar-refractivity contribution in [2.45, 2.75) is 95.9 Å². The van der Waals surface area contributed by atoms with E-state index < -0.39 is 23.7 Å². The largest absolute Gasteiger partial charge is 0.465 e. The smallest absolute Gasteiger partial charge is 0.398 e. The second-order valence-corrected chi connectivity index (χ2v) is 11.1. The van der Waals surface area contributed by atoms with Crippen LogP contribution in [0, 0.1) is 11.8 Å². The number of nitrogens with zero attached hydrogens (tertiary/aromatic N) is 1. The number of aliphatic hydroxyl groups excluding tert-OH is 1. The molecule has 3 rings (SSSR count). The standard InChI is InChI=1S/C24H34F3NO4S/c1-14-5-7-15(8-6-14)21(30)28(16-9-11-17(29)12-10-16)18-13-19(23(2,3)24(25,26)27)33-20(18)22(31)32-4/h13-17,29H,5-12H2,1-4H3. The number of anilines is 1. The molecule has 0 bridgehead atoms. The van der Waals surface area contributed by atoms with Gasteiger partial charge in [0.2, 0.25) is 5.91 Å². The Kier molecular flexibility index (Phi) is 7.83. The van der Waals surface area contributed by atoms with Gasteiger partial charge >= 0.3 is 12.1 Å². The van der Waals surface area contributed by atoms with Crippen LogP contribution in [0.25, 0.3) is 0 Å². The highest BCUT2D eigenvalue weighted by atomic mass is 32.1. The molecule has 2 aliphatic rings. The van der Waals surface area contributed by atoms with Gasteiger partial charge in [0.15, 0.2) is 0 Å². The van der Waals surface area contributed by atoms with E-state index in [0.717, 1.165) is 50.9 Å². The second-order valence-electron chi connectivity index (χ2n) is 10.1. The fraction of sp³-hybridized carbons (Fsp3) is 0.750. The molecule has 0 radical (unpaired) electrons. The zero-order valence-corrected chi connectivity index (χ0v) is 20.5. The predicted molar refractivity (Wildman–Crippen MR) is 122 cm³/mol. The molecule has 33 heavy (non-hydrogen) atoms. The van der Waals surface area contributed by atoms with Crippen molar-refractivity contribution in [1.29, 1.82) is 0 Å². The molecule has 2 fully saturated rings. The molecule has 1 aromatic rings. The summed E-state index contributed by atoms with van der Waals surface area (Å²) in [4.78, 5) is 28.0. The first-order chi connectivity index (χ1) is 15.4. The van der Waals surface area contributed by atoms with Crippen LogP contribution in [0.1, 0.15) is 86.7 Å². The Balaban J connectivity index is 2.08. The van der Waals surface area contributed by atoms with Gasteiger partial charge in [-0.3, -0.25) is 4.79 Å². The number of carbonyl (C=O) groups excluding carboxylic acids is 2. The first kappa shape index (κ1) is 26.0. The van der Waals surface area contributed by atoms with Crippen molar-refractivity contribution >= 4 is 28.9 Å². The minimum absolute atomic E-state index is 0.0217. The lowest BCUT2D eigenvalue weighted by molar-refractivity contribution is -0.179. The van der Waals surface area contributed by atoms with Gasteiger partial charge in [-0.25, -0.2) is 4.79 Å². The van der Waals surface area contributed by atoms with Gasteiger partial charge in [0.1, 0.15) is 4.88 Å². The van der Waals surface area contributed by atoms with Gasteiger partial charge < -0.3 is 14.7 Å². The van der Waals surface area contributed by atoms with Crippen molar-refractivity contribution in [3.05, 3.63) is 15.8 Å². The summed E-state index contributed by atoms with van der Waals surface area (Å²) in [6.07, 6.45) is 0.413. The quantitative estimate of drug-likeness (QED) is 0.528. The van der Waals surface area contributed by atoms with Gasteiger partial charge in [-0.05, 0) is 77.2 Å². The molecular formula is C24H34F3NO4S. The van der Waals surface area contributed by atoms with E-state index in [9.17, 15) is 27.9 Å². The zero-order chi connectivity index (χ0) is 24.6. The van der Waals surface area contributed by atoms with E-state index in [0.29, 0.717) is 31.6 Å². The number of methoxy groups -OCH3 is 1. The van der Waals surface area contributed by atoms with Crippen LogP contribution < -0.4 is 4.90 Å². The Morgan fingerprint density at radius 3 is 2.15 bits per heavy atom. The van der Waals surface area contributed by atoms with Crippen molar-refractivity contribution in [2.75, 3.05) is 12.0 Å². The average Bonchev–Trinajstić information content (AvgIpc) is 3.20. The maximum absolute atomic E-state index is 13.8. The Morgan fingerprint density at radius 2 is 1.64 bits per heavy atom. The first-order valence-corrected chi connectivity index (χ1v) is 12.5. The Hall–Kier alpha value is -1.61. The van der Waals surface area contributed by atoms with E-state index in [1.807, 2.05) is 0 Å². The minimum atomic E-state index is -4.52. The number of alkyl halides is 3. The zero-order valence-electron chi connectivity index (χ0n) is 19.7. The highest BCUT2D eigenvalue weighted by Gasteiger charge is 2.50. The third-order valence-corrected chi connectivity index (χ3v) is 8.73. The number of amides is 1. The number of aliphatic hydroxyl groups is 1. The summed E-state index contributed by atoms with van der Waals surface area (Å²) in [7, 11) is 1.19. The molecule has 1 aromatic heterocycles. The normalized spacial score (nSPS) is 26.7. The fourth-order valence-corrected chi connectivity index (χ4v) is 5.95. The Labute approximate surface area is 197 Å². The monoisotopic (exact) mass is 489 g/mol. The van der Waals surface area contributed by atoms with Gasteiger partial charge in [-0.1, -0.05) is 6.92 Å². The maximum atomic E-state index is 13.8. The Morgan fingerprint density at radius 1 is 1.06 bits per heavy atom. The lowest BCUT2D eigenvalue weighted by atomic mass is 9.81. The molecule has 1 heterocycles. The third-order valence-electron chi connectivity index (χ3n) is 7.30. The highest BCUT2D eigenvalue weighted by molar-refractivity contribution is 7.14. The molecule has 2 saturated carbocycles. The topological polar surface area (TPSA) is 66.8 Å². The van der Waals surface area contributed by atoms with Gasteiger partial charge in [0.05, 0.1) is 24.3 Å². The molecule has 0 aliphatic heterocycles. The van der Waals surface area contributed by atoms with Crippen molar-refractivity contribution in [2.24, 2.45) is 11.8 Å². The van der Waals surface area contributed by atoms with E-state index >= 15 is 0 Å². The highest BCUT2D eigenvalue weighted by Crippen LogP contribution is 2.47. The molecule has 0 unspecified atom stereocenters. The molecule has 0 spiro atoms. The Bertz CT molecular complexity index is 850. The SMILES string of the molecule is COC(=O)c1sc(C(C)(C)C(F)(F)F)cc1N(C(=O)C1CCC(C)CC1)C1CCC(O)CC1. The van der Waals surface area contributed by atoms with E-state index in [1.54, 1.807) is 4.90 Å². The molecule has 0 atom stereocenters. The van der Waals surface area contributed by atoms with Gasteiger partial charge in [-0.2, -0.15) is 13.2 Å². The van der Waals surface area contributed by atoms with Crippen LogP contribution in [0.15, 0.2) is 6.07 Å². The van der Waals surface area contributed by atoms with Gasteiger partial charge in [0.25, 0.3) is 0 Å². The molecular weight excluding hydrogens is 455 g/mol. The molecule has 186 valence electrons. The van der Waals surface area contributed by atoms with Crippen LogP contribution in [0.4, 0.5) is 18.9 Å². The number of hydrogen-bond acceptors (Lipinski definition) is 5. The van der Waals surface area contributed by atoms with Crippen LogP contribution in [-0.2, 0) is 14.9 Å². The molecule has 5 nitrogen and oxygen atoms in total. The van der Waals surface area contributed by atoms with Crippen LogP contribution in [0.3, 0.4) is 0 Å². The van der Waals surface area contributed by atoms with E-state index in [1.165, 1.54) is 13.2 Å². The van der Waals surface area contributed by atoms with Gasteiger partial charge in [-0.15, -0.1) is 11.3 Å². The lowest BCUT2D eigenvalue weighted by Gasteiger charge is -2.39. The van der Waals surface area contributed by atoms with Gasteiger partial charge in [0, 0.05) is 16.8 Å². The van der Waals surface area contributed by atoms with Crippen LogP contribution in [-0.4, -0.2) is 42.4 Å². The fourth-order valence-electron chi connectivity index (χ4n) is 4.76. The molecule has 1 amide bonds. The number of thiophene rings is 1. The number of hydrogen-bond donors (Lipinski definition) is 1. The second kappa shape index (κ2) is 9.94. The summed E-state index contributed by atoms with van der Waals surface area (Å²) in [5.41, 5.74) is -1.97. The number of ether oxygens (including phenoxy) is 1. The van der Waals surface area contributed by atoms with Crippen LogP contribution in [0.5, 0.6) is 0 Å². The summed E-state index contributed by atoms with van der Waals surface area (Å²) in [5, 5.41) is 9.98. The summed E-state index contributed by atoms with van der Waals surface area (Å²) in [6, 6.07) is 1.08. The average molecular weight is 490 g/mol. The number of esters is 1. The molecule has 2 aliphatic carbocycles. The van der Waals surface area contributed by atoms with Crippen molar-refractivity contribution in [3.63, 3.8) is 0 Å². The van der Waals surface area contributed by atoms with E-state index in [2.05, 4.69) is 6.92 Å².